The number of para-hydroxylation sites is 1. The van der Waals surface area contributed by atoms with Crippen molar-refractivity contribution in [1.82, 2.24) is 4.31 Å². The third kappa shape index (κ3) is 2.57. The molecule has 0 aliphatic carbocycles. The maximum Gasteiger partial charge on any atom is 0.307 e. The van der Waals surface area contributed by atoms with Gasteiger partial charge in [0.15, 0.2) is 0 Å². The van der Waals surface area contributed by atoms with Crippen LogP contribution < -0.4 is 4.74 Å². The predicted molar refractivity (Wildman–Crippen MR) is 67.5 cm³/mol. The summed E-state index contributed by atoms with van der Waals surface area (Å²) in [7, 11) is -2.30. The molecule has 1 aromatic rings. The molecule has 1 N–H and O–H groups in total. The van der Waals surface area contributed by atoms with Crippen LogP contribution in [-0.4, -0.2) is 44.0 Å². The zero-order valence-electron chi connectivity index (χ0n) is 10.4. The molecule has 1 atom stereocenters. The number of nitrogens with zero attached hydrogens (tertiary/aromatic N) is 1. The van der Waals surface area contributed by atoms with Crippen molar-refractivity contribution >= 4 is 16.0 Å². The summed E-state index contributed by atoms with van der Waals surface area (Å²) in [5, 5.41) is 8.92. The van der Waals surface area contributed by atoms with Gasteiger partial charge in [-0.2, -0.15) is 4.31 Å². The predicted octanol–water partition coefficient (Wildman–Crippen LogP) is 0.790. The number of hydrogen-bond donors (Lipinski definition) is 1. The van der Waals surface area contributed by atoms with Crippen LogP contribution >= 0.6 is 0 Å². The van der Waals surface area contributed by atoms with Gasteiger partial charge in [0, 0.05) is 13.1 Å². The molecular formula is C12H15NO5S. The van der Waals surface area contributed by atoms with Crippen LogP contribution in [0, 0.1) is 5.92 Å². The Morgan fingerprint density at radius 3 is 2.68 bits per heavy atom. The van der Waals surface area contributed by atoms with Crippen molar-refractivity contribution in [2.24, 2.45) is 5.92 Å². The highest BCUT2D eigenvalue weighted by molar-refractivity contribution is 7.89. The molecule has 1 saturated heterocycles. The van der Waals surface area contributed by atoms with E-state index in [1.54, 1.807) is 18.2 Å². The molecule has 1 aromatic carbocycles. The first kappa shape index (κ1) is 13.8. The molecule has 19 heavy (non-hydrogen) atoms. The summed E-state index contributed by atoms with van der Waals surface area (Å²) in [4.78, 5) is 11.0. The number of carbonyl (C=O) groups is 1. The minimum absolute atomic E-state index is 0.00964. The molecule has 7 heteroatoms. The molecule has 1 aliphatic heterocycles. The Bertz CT molecular complexity index is 584. The summed E-state index contributed by atoms with van der Waals surface area (Å²) in [6.07, 6.45) is 0.337. The van der Waals surface area contributed by atoms with Crippen molar-refractivity contribution in [1.29, 1.82) is 0 Å². The molecule has 1 aliphatic rings. The van der Waals surface area contributed by atoms with E-state index in [2.05, 4.69) is 0 Å². The Morgan fingerprint density at radius 1 is 1.42 bits per heavy atom. The average Bonchev–Trinajstić information content (AvgIpc) is 2.89. The highest BCUT2D eigenvalue weighted by atomic mass is 32.2. The Labute approximate surface area is 111 Å². The highest BCUT2D eigenvalue weighted by Crippen LogP contribution is 2.29. The lowest BCUT2D eigenvalue weighted by Crippen LogP contribution is -2.30. The van der Waals surface area contributed by atoms with E-state index < -0.39 is 21.9 Å². The lowest BCUT2D eigenvalue weighted by Gasteiger charge is -2.17. The van der Waals surface area contributed by atoms with E-state index in [9.17, 15) is 13.2 Å². The lowest BCUT2D eigenvalue weighted by molar-refractivity contribution is -0.141. The van der Waals surface area contributed by atoms with E-state index in [0.717, 1.165) is 0 Å². The Hall–Kier alpha value is -1.60. The van der Waals surface area contributed by atoms with Crippen LogP contribution in [0.4, 0.5) is 0 Å². The molecule has 1 fully saturated rings. The number of aliphatic carboxylic acids is 1. The molecule has 0 saturated carbocycles. The molecule has 0 amide bonds. The maximum absolute atomic E-state index is 12.4. The van der Waals surface area contributed by atoms with E-state index in [4.69, 9.17) is 9.84 Å². The van der Waals surface area contributed by atoms with Gasteiger partial charge in [-0.25, -0.2) is 8.42 Å². The summed E-state index contributed by atoms with van der Waals surface area (Å²) in [6, 6.07) is 6.32. The number of rotatable bonds is 4. The summed E-state index contributed by atoms with van der Waals surface area (Å²) < 4.78 is 31.1. The van der Waals surface area contributed by atoms with Gasteiger partial charge in [0.1, 0.15) is 10.6 Å². The van der Waals surface area contributed by atoms with Crippen LogP contribution in [0.1, 0.15) is 6.42 Å². The van der Waals surface area contributed by atoms with Crippen LogP contribution in [0.5, 0.6) is 5.75 Å². The fourth-order valence-electron chi connectivity index (χ4n) is 2.12. The van der Waals surface area contributed by atoms with Crippen LogP contribution in [0.25, 0.3) is 0 Å². The Balaban J connectivity index is 2.31. The monoisotopic (exact) mass is 285 g/mol. The SMILES string of the molecule is COc1ccccc1S(=O)(=O)N1CC[C@H](C(=O)O)C1. The van der Waals surface area contributed by atoms with Gasteiger partial charge >= 0.3 is 5.97 Å². The summed E-state index contributed by atoms with van der Waals surface area (Å²) in [6.45, 7) is 0.229. The number of methoxy groups -OCH3 is 1. The first-order chi connectivity index (χ1) is 8.96. The minimum Gasteiger partial charge on any atom is -0.495 e. The number of sulfonamides is 1. The molecule has 0 bridgehead atoms. The lowest BCUT2D eigenvalue weighted by atomic mass is 10.1. The van der Waals surface area contributed by atoms with Crippen molar-refractivity contribution in [2.75, 3.05) is 20.2 Å². The van der Waals surface area contributed by atoms with Crippen molar-refractivity contribution in [3.63, 3.8) is 0 Å². The van der Waals surface area contributed by atoms with E-state index >= 15 is 0 Å². The molecule has 1 heterocycles. The van der Waals surface area contributed by atoms with Crippen molar-refractivity contribution in [3.05, 3.63) is 24.3 Å². The topological polar surface area (TPSA) is 83.9 Å². The maximum atomic E-state index is 12.4. The quantitative estimate of drug-likeness (QED) is 0.884. The third-order valence-corrected chi connectivity index (χ3v) is 5.09. The second-order valence-electron chi connectivity index (χ2n) is 4.34. The van der Waals surface area contributed by atoms with Gasteiger partial charge in [0.05, 0.1) is 13.0 Å². The van der Waals surface area contributed by atoms with Gasteiger partial charge in [0.25, 0.3) is 0 Å². The molecule has 0 unspecified atom stereocenters. The Morgan fingerprint density at radius 2 is 2.11 bits per heavy atom. The summed E-state index contributed by atoms with van der Waals surface area (Å²) in [5.74, 6) is -1.33. The van der Waals surface area contributed by atoms with Crippen molar-refractivity contribution in [2.45, 2.75) is 11.3 Å². The van der Waals surface area contributed by atoms with Gasteiger partial charge in [-0.1, -0.05) is 12.1 Å². The second kappa shape index (κ2) is 5.18. The van der Waals surface area contributed by atoms with E-state index in [-0.39, 0.29) is 23.7 Å². The van der Waals surface area contributed by atoms with Gasteiger partial charge in [-0.05, 0) is 18.6 Å². The molecule has 2 rings (SSSR count). The van der Waals surface area contributed by atoms with E-state index in [0.29, 0.717) is 6.42 Å². The fraction of sp³-hybridized carbons (Fsp3) is 0.417. The zero-order valence-corrected chi connectivity index (χ0v) is 11.3. The van der Waals surface area contributed by atoms with Gasteiger partial charge in [0.2, 0.25) is 10.0 Å². The van der Waals surface area contributed by atoms with Gasteiger partial charge in [-0.15, -0.1) is 0 Å². The Kier molecular flexibility index (Phi) is 3.77. The number of hydrogen-bond acceptors (Lipinski definition) is 4. The zero-order chi connectivity index (χ0) is 14.0. The third-order valence-electron chi connectivity index (χ3n) is 3.19. The average molecular weight is 285 g/mol. The number of benzene rings is 1. The van der Waals surface area contributed by atoms with Crippen LogP contribution in [0.15, 0.2) is 29.2 Å². The number of ether oxygens (including phenoxy) is 1. The first-order valence-electron chi connectivity index (χ1n) is 5.83. The van der Waals surface area contributed by atoms with Gasteiger partial charge in [-0.3, -0.25) is 4.79 Å². The summed E-state index contributed by atoms with van der Waals surface area (Å²) >= 11 is 0. The number of carboxylic acids is 1. The van der Waals surface area contributed by atoms with E-state index in [1.165, 1.54) is 17.5 Å². The highest BCUT2D eigenvalue weighted by Gasteiger charge is 2.36. The van der Waals surface area contributed by atoms with Crippen LogP contribution in [-0.2, 0) is 14.8 Å². The van der Waals surface area contributed by atoms with Crippen LogP contribution in [0.2, 0.25) is 0 Å². The largest absolute Gasteiger partial charge is 0.495 e. The minimum atomic E-state index is -3.70. The van der Waals surface area contributed by atoms with Crippen molar-refractivity contribution in [3.8, 4) is 5.75 Å². The van der Waals surface area contributed by atoms with Gasteiger partial charge < -0.3 is 9.84 Å². The molecule has 0 aromatic heterocycles. The van der Waals surface area contributed by atoms with Crippen LogP contribution in [0.3, 0.4) is 0 Å². The number of carboxylic acid groups (broad SMARTS) is 1. The standard InChI is InChI=1S/C12H15NO5S/c1-18-10-4-2-3-5-11(10)19(16,17)13-7-6-9(8-13)12(14)15/h2-5,9H,6-8H2,1H3,(H,14,15)/t9-/m0/s1. The molecular weight excluding hydrogens is 270 g/mol. The first-order valence-corrected chi connectivity index (χ1v) is 7.27. The van der Waals surface area contributed by atoms with Crippen molar-refractivity contribution < 1.29 is 23.1 Å². The summed E-state index contributed by atoms with van der Waals surface area (Å²) in [5.41, 5.74) is 0. The normalized spacial score (nSPS) is 20.4. The molecule has 0 spiro atoms. The molecule has 6 nitrogen and oxygen atoms in total. The molecule has 104 valence electrons. The molecule has 0 radical (unpaired) electrons. The fourth-order valence-corrected chi connectivity index (χ4v) is 3.78. The smallest absolute Gasteiger partial charge is 0.307 e. The van der Waals surface area contributed by atoms with E-state index in [1.807, 2.05) is 0 Å². The second-order valence-corrected chi connectivity index (χ2v) is 6.24.